The van der Waals surface area contributed by atoms with Crippen LogP contribution in [-0.2, 0) is 13.0 Å². The van der Waals surface area contributed by atoms with Crippen molar-refractivity contribution < 1.29 is 9.18 Å². The molecule has 3 aromatic carbocycles. The fourth-order valence-corrected chi connectivity index (χ4v) is 4.66. The highest BCUT2D eigenvalue weighted by molar-refractivity contribution is 6.03. The van der Waals surface area contributed by atoms with Crippen molar-refractivity contribution in [3.05, 3.63) is 112 Å². The molecule has 4 aromatic rings. The Morgan fingerprint density at radius 3 is 2.53 bits per heavy atom. The van der Waals surface area contributed by atoms with Gasteiger partial charge in [0.25, 0.3) is 5.91 Å². The Labute approximate surface area is 223 Å². The van der Waals surface area contributed by atoms with E-state index in [2.05, 4.69) is 46.9 Å². The lowest BCUT2D eigenvalue weighted by Gasteiger charge is -2.21. The third-order valence-electron chi connectivity index (χ3n) is 7.06. The first kappa shape index (κ1) is 25.8. The summed E-state index contributed by atoms with van der Waals surface area (Å²) in [5.74, 6) is -0.236. The number of hydrogen-bond acceptors (Lipinski definition) is 4. The molecule has 1 unspecified atom stereocenters. The molecule has 0 spiro atoms. The van der Waals surface area contributed by atoms with Crippen molar-refractivity contribution in [3.63, 3.8) is 0 Å². The molecule has 5 rings (SSSR count). The average Bonchev–Trinajstić information content (AvgIpc) is 3.69. The smallest absolute Gasteiger partial charge is 0.274 e. The average molecular weight is 512 g/mol. The Morgan fingerprint density at radius 2 is 1.82 bits per heavy atom. The molecule has 6 nitrogen and oxygen atoms in total. The van der Waals surface area contributed by atoms with Crippen molar-refractivity contribution >= 4 is 11.6 Å². The highest BCUT2D eigenvalue weighted by Gasteiger charge is 2.24. The van der Waals surface area contributed by atoms with Crippen LogP contribution in [0.2, 0.25) is 0 Å². The molecule has 0 radical (unpaired) electrons. The van der Waals surface area contributed by atoms with Gasteiger partial charge in [-0.2, -0.15) is 5.10 Å². The van der Waals surface area contributed by atoms with Gasteiger partial charge in [0.15, 0.2) is 0 Å². The number of hydrogen-bond donors (Lipinski definition) is 3. The number of anilines is 1. The monoisotopic (exact) mass is 511 g/mol. The van der Waals surface area contributed by atoms with Gasteiger partial charge in [-0.25, -0.2) is 9.07 Å². The van der Waals surface area contributed by atoms with Crippen LogP contribution < -0.4 is 16.4 Å². The Bertz CT molecular complexity index is 1420. The molecule has 196 valence electrons. The summed E-state index contributed by atoms with van der Waals surface area (Å²) in [5, 5.41) is 11.0. The number of halogens is 1. The van der Waals surface area contributed by atoms with Crippen LogP contribution in [0, 0.1) is 18.7 Å². The lowest BCUT2D eigenvalue weighted by molar-refractivity contribution is 0.101. The SMILES string of the molecule is CCc1ccc(C(NCC2CC2)c2ccc(F)c(NC(=O)c3cc(C)nn3-c3cccc(CN)c3)c2)cc1. The first-order chi connectivity index (χ1) is 18.4. The molecule has 1 aromatic heterocycles. The Balaban J connectivity index is 1.43. The van der Waals surface area contributed by atoms with Crippen LogP contribution in [0.4, 0.5) is 10.1 Å². The van der Waals surface area contributed by atoms with Gasteiger partial charge in [0, 0.05) is 6.54 Å². The number of aromatic nitrogens is 2. The summed E-state index contributed by atoms with van der Waals surface area (Å²) < 4.78 is 16.6. The van der Waals surface area contributed by atoms with E-state index in [0.717, 1.165) is 35.3 Å². The minimum atomic E-state index is -0.489. The molecule has 1 aliphatic carbocycles. The predicted molar refractivity (Wildman–Crippen MR) is 149 cm³/mol. The van der Waals surface area contributed by atoms with E-state index in [4.69, 9.17) is 5.73 Å². The number of nitrogens with zero attached hydrogens (tertiary/aromatic N) is 2. The van der Waals surface area contributed by atoms with Crippen LogP contribution in [0.3, 0.4) is 0 Å². The van der Waals surface area contributed by atoms with Crippen LogP contribution in [0.15, 0.2) is 72.8 Å². The van der Waals surface area contributed by atoms with E-state index in [-0.39, 0.29) is 11.7 Å². The van der Waals surface area contributed by atoms with E-state index in [1.165, 1.54) is 24.5 Å². The standard InChI is InChI=1S/C31H34FN5O/c1-3-21-9-11-24(12-10-21)30(34-19-22-7-8-22)25-13-14-27(32)28(17-25)35-31(38)29-15-20(2)36-37(29)26-6-4-5-23(16-26)18-33/h4-6,9-17,22,30,34H,3,7-8,18-19,33H2,1-2H3,(H,35,38). The minimum absolute atomic E-state index is 0.107. The number of amides is 1. The maximum Gasteiger partial charge on any atom is 0.274 e. The molecule has 1 aliphatic rings. The van der Waals surface area contributed by atoms with Gasteiger partial charge in [-0.3, -0.25) is 4.79 Å². The van der Waals surface area contributed by atoms with Crippen LogP contribution in [-0.4, -0.2) is 22.2 Å². The molecule has 38 heavy (non-hydrogen) atoms. The summed E-state index contributed by atoms with van der Waals surface area (Å²) >= 11 is 0. The highest BCUT2D eigenvalue weighted by Crippen LogP contribution is 2.31. The van der Waals surface area contributed by atoms with Gasteiger partial charge < -0.3 is 16.4 Å². The number of nitrogens with two attached hydrogens (primary N) is 1. The van der Waals surface area contributed by atoms with Crippen molar-refractivity contribution in [2.45, 2.75) is 45.7 Å². The first-order valence-electron chi connectivity index (χ1n) is 13.2. The van der Waals surface area contributed by atoms with E-state index in [0.29, 0.717) is 23.9 Å². The summed E-state index contributed by atoms with van der Waals surface area (Å²) in [7, 11) is 0. The van der Waals surface area contributed by atoms with Crippen molar-refractivity contribution in [2.24, 2.45) is 11.7 Å². The van der Waals surface area contributed by atoms with Gasteiger partial charge >= 0.3 is 0 Å². The Morgan fingerprint density at radius 1 is 1.05 bits per heavy atom. The molecule has 0 bridgehead atoms. The summed E-state index contributed by atoms with van der Waals surface area (Å²) in [6, 6.07) is 22.6. The van der Waals surface area contributed by atoms with E-state index in [1.807, 2.05) is 31.2 Å². The Hall–Kier alpha value is -3.81. The summed E-state index contributed by atoms with van der Waals surface area (Å²) in [6.45, 7) is 5.24. The summed E-state index contributed by atoms with van der Waals surface area (Å²) in [4.78, 5) is 13.4. The fraction of sp³-hybridized carbons (Fsp3) is 0.290. The second kappa shape index (κ2) is 11.3. The normalized spacial score (nSPS) is 13.9. The van der Waals surface area contributed by atoms with Gasteiger partial charge in [0.2, 0.25) is 0 Å². The molecular weight excluding hydrogens is 477 g/mol. The molecule has 1 saturated carbocycles. The van der Waals surface area contributed by atoms with E-state index >= 15 is 0 Å². The van der Waals surface area contributed by atoms with E-state index in [9.17, 15) is 9.18 Å². The Kier molecular flexibility index (Phi) is 7.67. The van der Waals surface area contributed by atoms with Crippen LogP contribution in [0.5, 0.6) is 0 Å². The molecular formula is C31H34FN5O. The van der Waals surface area contributed by atoms with Crippen molar-refractivity contribution in [1.29, 1.82) is 0 Å². The number of carbonyl (C=O) groups excluding carboxylic acids is 1. The van der Waals surface area contributed by atoms with Crippen LogP contribution in [0.1, 0.15) is 64.2 Å². The summed E-state index contributed by atoms with van der Waals surface area (Å²) in [6.07, 6.45) is 3.45. The second-order valence-electron chi connectivity index (χ2n) is 10.0. The number of benzene rings is 3. The number of nitrogens with one attached hydrogen (secondary N) is 2. The topological polar surface area (TPSA) is 85.0 Å². The predicted octanol–water partition coefficient (Wildman–Crippen LogP) is 5.68. The third-order valence-corrected chi connectivity index (χ3v) is 7.06. The quantitative estimate of drug-likeness (QED) is 0.256. The first-order valence-corrected chi connectivity index (χ1v) is 13.2. The van der Waals surface area contributed by atoms with E-state index in [1.54, 1.807) is 22.9 Å². The van der Waals surface area contributed by atoms with Crippen LogP contribution >= 0.6 is 0 Å². The van der Waals surface area contributed by atoms with Crippen LogP contribution in [0.25, 0.3) is 5.69 Å². The highest BCUT2D eigenvalue weighted by atomic mass is 19.1. The molecule has 4 N–H and O–H groups in total. The minimum Gasteiger partial charge on any atom is -0.326 e. The zero-order chi connectivity index (χ0) is 26.6. The maximum absolute atomic E-state index is 15.0. The molecule has 0 aliphatic heterocycles. The lowest BCUT2D eigenvalue weighted by Crippen LogP contribution is -2.25. The lowest BCUT2D eigenvalue weighted by atomic mass is 9.96. The van der Waals surface area contributed by atoms with Gasteiger partial charge in [-0.1, -0.05) is 49.4 Å². The zero-order valence-electron chi connectivity index (χ0n) is 21.9. The van der Waals surface area contributed by atoms with Crippen molar-refractivity contribution in [1.82, 2.24) is 15.1 Å². The zero-order valence-corrected chi connectivity index (χ0v) is 21.9. The molecule has 1 amide bonds. The fourth-order valence-electron chi connectivity index (χ4n) is 4.66. The van der Waals surface area contributed by atoms with Gasteiger partial charge in [-0.05, 0) is 91.2 Å². The van der Waals surface area contributed by atoms with Crippen molar-refractivity contribution in [2.75, 3.05) is 11.9 Å². The molecule has 7 heteroatoms. The van der Waals surface area contributed by atoms with Gasteiger partial charge in [0.05, 0.1) is 23.1 Å². The molecule has 0 saturated heterocycles. The van der Waals surface area contributed by atoms with Crippen molar-refractivity contribution in [3.8, 4) is 5.69 Å². The molecule has 1 heterocycles. The number of carbonyl (C=O) groups is 1. The number of aryl methyl sites for hydroxylation is 2. The largest absolute Gasteiger partial charge is 0.326 e. The number of rotatable bonds is 10. The van der Waals surface area contributed by atoms with Gasteiger partial charge in [-0.15, -0.1) is 0 Å². The maximum atomic E-state index is 15.0. The molecule has 1 fully saturated rings. The second-order valence-corrected chi connectivity index (χ2v) is 10.0. The summed E-state index contributed by atoms with van der Waals surface area (Å²) in [5.41, 5.74) is 11.9. The third kappa shape index (κ3) is 5.85. The molecule has 1 atom stereocenters. The van der Waals surface area contributed by atoms with E-state index < -0.39 is 11.7 Å². The van der Waals surface area contributed by atoms with Gasteiger partial charge in [0.1, 0.15) is 11.5 Å².